The van der Waals surface area contributed by atoms with Crippen LogP contribution in [-0.4, -0.2) is 96.7 Å². The Morgan fingerprint density at radius 3 is 0.694 bits per heavy atom. The molecule has 98 heavy (non-hydrogen) atoms. The minimum Gasteiger partial charge on any atom is -0.462 e. The highest BCUT2D eigenvalue weighted by Crippen LogP contribution is 2.45. The Labute approximate surface area is 600 Å². The molecule has 0 aliphatic heterocycles. The molecule has 582 valence electrons. The number of rotatable bonds is 77. The number of phosphoric ester groups is 2. The number of hydrogen-bond donors (Lipinski definition) is 3. The van der Waals surface area contributed by atoms with E-state index in [0.29, 0.717) is 31.6 Å². The van der Waals surface area contributed by atoms with Gasteiger partial charge in [0.15, 0.2) is 12.2 Å². The van der Waals surface area contributed by atoms with E-state index in [1.165, 1.54) is 212 Å². The number of hydrogen-bond acceptors (Lipinski definition) is 15. The first-order valence-corrected chi connectivity index (χ1v) is 43.8. The second-order valence-corrected chi connectivity index (χ2v) is 32.8. The molecule has 0 aromatic heterocycles. The summed E-state index contributed by atoms with van der Waals surface area (Å²) in [5.74, 6) is 0.166. The summed E-state index contributed by atoms with van der Waals surface area (Å²) in [7, 11) is -9.92. The van der Waals surface area contributed by atoms with Crippen molar-refractivity contribution in [1.82, 2.24) is 0 Å². The molecule has 0 saturated heterocycles. The normalized spacial score (nSPS) is 14.0. The molecule has 0 rings (SSSR count). The molecule has 0 amide bonds. The Bertz CT molecular complexity index is 1900. The van der Waals surface area contributed by atoms with Crippen molar-refractivity contribution in [3.63, 3.8) is 0 Å². The number of esters is 4. The number of carbonyl (C=O) groups excluding carboxylic acids is 4. The molecule has 0 aromatic carbocycles. The van der Waals surface area contributed by atoms with Crippen molar-refractivity contribution in [2.45, 2.75) is 426 Å². The molecule has 0 radical (unpaired) electrons. The van der Waals surface area contributed by atoms with E-state index in [1.807, 2.05) is 0 Å². The molecule has 17 nitrogen and oxygen atoms in total. The summed E-state index contributed by atoms with van der Waals surface area (Å²) in [5, 5.41) is 10.6. The molecule has 0 spiro atoms. The fraction of sp³-hybridized carbons (Fsp3) is 0.949. The van der Waals surface area contributed by atoms with Gasteiger partial charge in [-0.05, 0) is 43.4 Å². The second kappa shape index (κ2) is 69.4. The lowest BCUT2D eigenvalue weighted by molar-refractivity contribution is -0.161. The minimum atomic E-state index is -4.96. The maximum atomic E-state index is 13.1. The average molecular weight is 1440 g/mol. The van der Waals surface area contributed by atoms with Gasteiger partial charge in [0.1, 0.15) is 19.3 Å². The zero-order valence-electron chi connectivity index (χ0n) is 64.3. The van der Waals surface area contributed by atoms with E-state index in [-0.39, 0.29) is 25.7 Å². The number of aliphatic hydroxyl groups excluding tert-OH is 1. The summed E-state index contributed by atoms with van der Waals surface area (Å²) in [6, 6.07) is 0. The van der Waals surface area contributed by atoms with Crippen LogP contribution in [0.1, 0.15) is 408 Å². The second-order valence-electron chi connectivity index (χ2n) is 29.9. The third-order valence-corrected chi connectivity index (χ3v) is 20.3. The van der Waals surface area contributed by atoms with Crippen molar-refractivity contribution in [3.05, 3.63) is 0 Å². The van der Waals surface area contributed by atoms with Gasteiger partial charge in [-0.2, -0.15) is 0 Å². The summed E-state index contributed by atoms with van der Waals surface area (Å²) < 4.78 is 68.6. The highest BCUT2D eigenvalue weighted by molar-refractivity contribution is 7.47. The van der Waals surface area contributed by atoms with Crippen LogP contribution in [-0.2, 0) is 65.4 Å². The zero-order valence-corrected chi connectivity index (χ0v) is 66.0. The summed E-state index contributed by atoms with van der Waals surface area (Å²) in [6.07, 6.45) is 57.0. The van der Waals surface area contributed by atoms with Crippen molar-refractivity contribution in [1.29, 1.82) is 0 Å². The number of aliphatic hydroxyl groups is 1. The topological polar surface area (TPSA) is 237 Å². The third-order valence-electron chi connectivity index (χ3n) is 18.4. The van der Waals surface area contributed by atoms with Gasteiger partial charge < -0.3 is 33.8 Å². The van der Waals surface area contributed by atoms with Crippen LogP contribution in [0, 0.1) is 17.8 Å². The predicted octanol–water partition coefficient (Wildman–Crippen LogP) is 23.4. The highest BCUT2D eigenvalue weighted by Gasteiger charge is 2.30. The quantitative estimate of drug-likeness (QED) is 0.0222. The molecule has 0 aromatic rings. The van der Waals surface area contributed by atoms with E-state index in [4.69, 9.17) is 37.0 Å². The third kappa shape index (κ3) is 72.4. The molecule has 0 bridgehead atoms. The lowest BCUT2D eigenvalue weighted by Gasteiger charge is -2.21. The van der Waals surface area contributed by atoms with E-state index in [1.54, 1.807) is 0 Å². The standard InChI is InChI=1S/C79H154O17P2/c1-8-9-10-11-12-13-14-15-23-29-34-39-48-55-62-79(84)96-75(67-90-77(82)61-54-47-42-41-45-52-59-72(6)7)69-94-98(87,88)92-65-73(80)64-91-97(85,86)93-68-74(66-89-76(81)60-53-46-38-33-28-25-20-22-27-32-37-44-51-58-71(4)5)95-78(83)63-56-49-40-35-30-24-19-17-16-18-21-26-31-36-43-50-57-70(2)3/h70-75,80H,8-69H2,1-7H3,(H,85,86)(H,87,88)/t73-,74-,75-/m1/s1. The molecule has 2 unspecified atom stereocenters. The van der Waals surface area contributed by atoms with Crippen molar-refractivity contribution >= 4 is 39.5 Å². The molecule has 0 heterocycles. The molecule has 0 fully saturated rings. The Morgan fingerprint density at radius 1 is 0.276 bits per heavy atom. The molecule has 0 aliphatic rings. The molecule has 0 aliphatic carbocycles. The molecule has 3 N–H and O–H groups in total. The zero-order chi connectivity index (χ0) is 72.3. The lowest BCUT2D eigenvalue weighted by Crippen LogP contribution is -2.30. The Hall–Kier alpha value is -1.94. The first-order chi connectivity index (χ1) is 47.2. The Morgan fingerprint density at radius 2 is 0.469 bits per heavy atom. The van der Waals surface area contributed by atoms with E-state index in [2.05, 4.69) is 48.5 Å². The number of unbranched alkanes of at least 4 members (excludes halogenated alkanes) is 45. The summed E-state index contributed by atoms with van der Waals surface area (Å²) in [5.41, 5.74) is 0. The van der Waals surface area contributed by atoms with Crippen LogP contribution in [0.5, 0.6) is 0 Å². The van der Waals surface area contributed by atoms with E-state index in [9.17, 15) is 43.2 Å². The summed E-state index contributed by atoms with van der Waals surface area (Å²) >= 11 is 0. The van der Waals surface area contributed by atoms with Crippen LogP contribution in [0.2, 0.25) is 0 Å². The monoisotopic (exact) mass is 1440 g/mol. The van der Waals surface area contributed by atoms with Crippen molar-refractivity contribution in [2.24, 2.45) is 17.8 Å². The maximum absolute atomic E-state index is 13.1. The number of carbonyl (C=O) groups is 4. The SMILES string of the molecule is CCCCCCCCCCCCCCCCC(=O)O[C@H](COC(=O)CCCCCCCCC(C)C)COP(=O)(O)OC[C@H](O)COP(=O)(O)OC[C@@H](COC(=O)CCCCCCCCCCCCCCCC(C)C)OC(=O)CCCCCCCCCCCCCCCCCCC(C)C. The van der Waals surface area contributed by atoms with Gasteiger partial charge in [-0.25, -0.2) is 9.13 Å². The minimum absolute atomic E-state index is 0.107. The van der Waals surface area contributed by atoms with E-state index in [0.717, 1.165) is 108 Å². The smallest absolute Gasteiger partial charge is 0.462 e. The molecular formula is C79H154O17P2. The summed E-state index contributed by atoms with van der Waals surface area (Å²) in [6.45, 7) is 11.9. The van der Waals surface area contributed by atoms with Crippen LogP contribution < -0.4 is 0 Å². The van der Waals surface area contributed by atoms with Gasteiger partial charge in [0, 0.05) is 25.7 Å². The molecule has 0 saturated carbocycles. The fourth-order valence-electron chi connectivity index (χ4n) is 12.1. The van der Waals surface area contributed by atoms with Crippen LogP contribution in [0.4, 0.5) is 0 Å². The van der Waals surface area contributed by atoms with Crippen molar-refractivity contribution in [2.75, 3.05) is 39.6 Å². The van der Waals surface area contributed by atoms with Crippen LogP contribution in [0.3, 0.4) is 0 Å². The van der Waals surface area contributed by atoms with Gasteiger partial charge in [-0.3, -0.25) is 37.3 Å². The van der Waals surface area contributed by atoms with Gasteiger partial charge in [0.2, 0.25) is 0 Å². The lowest BCUT2D eigenvalue weighted by atomic mass is 10.0. The molecule has 19 heteroatoms. The highest BCUT2D eigenvalue weighted by atomic mass is 31.2. The number of ether oxygens (including phenoxy) is 4. The Kier molecular flexibility index (Phi) is 68.1. The molecular weight excluding hydrogens is 1280 g/mol. The predicted molar refractivity (Wildman–Crippen MR) is 400 cm³/mol. The first kappa shape index (κ1) is 96.1. The first-order valence-electron chi connectivity index (χ1n) is 40.8. The fourth-order valence-corrected chi connectivity index (χ4v) is 13.7. The van der Waals surface area contributed by atoms with Gasteiger partial charge in [0.25, 0.3) is 0 Å². The maximum Gasteiger partial charge on any atom is 0.472 e. The average Bonchev–Trinajstić information content (AvgIpc) is 0.929. The van der Waals surface area contributed by atoms with Crippen LogP contribution in [0.15, 0.2) is 0 Å². The van der Waals surface area contributed by atoms with Gasteiger partial charge in [-0.15, -0.1) is 0 Å². The van der Waals surface area contributed by atoms with E-state index >= 15 is 0 Å². The largest absolute Gasteiger partial charge is 0.472 e. The van der Waals surface area contributed by atoms with Crippen molar-refractivity contribution < 1.29 is 80.2 Å². The van der Waals surface area contributed by atoms with Crippen LogP contribution >= 0.6 is 15.6 Å². The molecule has 5 atom stereocenters. The van der Waals surface area contributed by atoms with Crippen LogP contribution in [0.25, 0.3) is 0 Å². The van der Waals surface area contributed by atoms with Gasteiger partial charge in [0.05, 0.1) is 26.4 Å². The number of phosphoric acid groups is 2. The van der Waals surface area contributed by atoms with Crippen molar-refractivity contribution in [3.8, 4) is 0 Å². The van der Waals surface area contributed by atoms with Gasteiger partial charge in [-0.1, -0.05) is 357 Å². The summed E-state index contributed by atoms with van der Waals surface area (Å²) in [4.78, 5) is 72.9. The van der Waals surface area contributed by atoms with E-state index < -0.39 is 97.5 Å². The Balaban J connectivity index is 5.23. The van der Waals surface area contributed by atoms with Gasteiger partial charge >= 0.3 is 39.5 Å².